The van der Waals surface area contributed by atoms with E-state index in [9.17, 15) is 4.39 Å². The number of anilines is 2. The van der Waals surface area contributed by atoms with E-state index in [1.165, 1.54) is 12.1 Å². The Bertz CT molecular complexity index is 1700. The van der Waals surface area contributed by atoms with Gasteiger partial charge in [-0.05, 0) is 35.9 Å². The van der Waals surface area contributed by atoms with Crippen LogP contribution in [-0.4, -0.2) is 44.1 Å². The Hall–Kier alpha value is -4.93. The van der Waals surface area contributed by atoms with Gasteiger partial charge in [0.25, 0.3) is 0 Å². The molecule has 36 heavy (non-hydrogen) atoms. The maximum absolute atomic E-state index is 13.7. The second-order valence-electron chi connectivity index (χ2n) is 8.33. The molecule has 0 amide bonds. The molecule has 0 unspecified atom stereocenters. The number of nitrogens with one attached hydrogen (secondary N) is 1. The van der Waals surface area contributed by atoms with Crippen LogP contribution >= 0.6 is 0 Å². The Labute approximate surface area is 205 Å². The van der Waals surface area contributed by atoms with Crippen LogP contribution in [0.2, 0.25) is 0 Å². The van der Waals surface area contributed by atoms with Crippen LogP contribution < -0.4 is 5.32 Å². The quantitative estimate of drug-likeness (QED) is 0.387. The Morgan fingerprint density at radius 2 is 1.86 bits per heavy atom. The lowest BCUT2D eigenvalue weighted by Crippen LogP contribution is -2.03. The number of hydrogen-bond acceptors (Lipinski definition) is 7. The third-order valence-electron chi connectivity index (χ3n) is 5.99. The summed E-state index contributed by atoms with van der Waals surface area (Å²) in [5.41, 5.74) is 4.91. The Balaban J connectivity index is 1.33. The Morgan fingerprint density at radius 1 is 0.944 bits per heavy atom. The molecule has 5 aromatic heterocycles. The molecule has 0 saturated heterocycles. The number of hydrogen-bond donors (Lipinski definition) is 1. The molecule has 0 radical (unpaired) electrons. The smallest absolute Gasteiger partial charge is 0.228 e. The molecule has 0 fully saturated rings. The normalized spacial score (nSPS) is 11.3. The van der Waals surface area contributed by atoms with Crippen molar-refractivity contribution in [2.75, 3.05) is 5.32 Å². The average molecular weight is 481 g/mol. The SMILES string of the molecule is Cn1nccc1Nc1nccc(-c2ccn3c(-c4cnn(C)c4Cc4cccc(F)c4)nnc3c2)n1. The van der Waals surface area contributed by atoms with Gasteiger partial charge in [-0.15, -0.1) is 10.2 Å². The number of aromatic nitrogens is 9. The van der Waals surface area contributed by atoms with E-state index >= 15 is 0 Å². The molecule has 0 atom stereocenters. The molecule has 6 rings (SSSR count). The number of halogens is 1. The van der Waals surface area contributed by atoms with Crippen LogP contribution in [0, 0.1) is 5.82 Å². The molecule has 0 aliphatic heterocycles. The molecular formula is C25H21FN10. The number of nitrogens with zero attached hydrogens (tertiary/aromatic N) is 9. The van der Waals surface area contributed by atoms with E-state index in [0.29, 0.717) is 23.8 Å². The third kappa shape index (κ3) is 3.96. The van der Waals surface area contributed by atoms with Crippen LogP contribution in [-0.2, 0) is 20.5 Å². The number of pyridine rings is 1. The van der Waals surface area contributed by atoms with E-state index in [-0.39, 0.29) is 5.82 Å². The highest BCUT2D eigenvalue weighted by Gasteiger charge is 2.18. The van der Waals surface area contributed by atoms with Crippen LogP contribution in [0.15, 0.2) is 73.3 Å². The molecule has 6 aromatic rings. The zero-order chi connectivity index (χ0) is 24.6. The van der Waals surface area contributed by atoms with Crippen molar-refractivity contribution >= 4 is 17.4 Å². The van der Waals surface area contributed by atoms with Crippen LogP contribution in [0.3, 0.4) is 0 Å². The summed E-state index contributed by atoms with van der Waals surface area (Å²) in [5, 5.41) is 20.6. The molecule has 0 bridgehead atoms. The monoisotopic (exact) mass is 480 g/mol. The molecule has 178 valence electrons. The van der Waals surface area contributed by atoms with Crippen LogP contribution in [0.25, 0.3) is 28.3 Å². The summed E-state index contributed by atoms with van der Waals surface area (Å²) >= 11 is 0. The predicted octanol–water partition coefficient (Wildman–Crippen LogP) is 3.79. The molecule has 0 spiro atoms. The summed E-state index contributed by atoms with van der Waals surface area (Å²) in [6.07, 6.45) is 7.60. The fourth-order valence-electron chi connectivity index (χ4n) is 4.12. The zero-order valence-corrected chi connectivity index (χ0v) is 19.5. The summed E-state index contributed by atoms with van der Waals surface area (Å²) in [6.45, 7) is 0. The molecule has 1 N–H and O–H groups in total. The van der Waals surface area contributed by atoms with Gasteiger partial charge < -0.3 is 5.32 Å². The summed E-state index contributed by atoms with van der Waals surface area (Å²) in [4.78, 5) is 8.95. The van der Waals surface area contributed by atoms with Crippen LogP contribution in [0.1, 0.15) is 11.3 Å². The fourth-order valence-corrected chi connectivity index (χ4v) is 4.12. The van der Waals surface area contributed by atoms with Crippen LogP contribution in [0.4, 0.5) is 16.2 Å². The second kappa shape index (κ2) is 8.69. The van der Waals surface area contributed by atoms with Crippen molar-refractivity contribution in [2.24, 2.45) is 14.1 Å². The van der Waals surface area contributed by atoms with Crippen molar-refractivity contribution in [3.8, 4) is 22.6 Å². The van der Waals surface area contributed by atoms with Gasteiger partial charge in [0.15, 0.2) is 11.5 Å². The second-order valence-corrected chi connectivity index (χ2v) is 8.33. The van der Waals surface area contributed by atoms with Gasteiger partial charge in [0, 0.05) is 44.5 Å². The minimum absolute atomic E-state index is 0.264. The average Bonchev–Trinajstić information content (AvgIpc) is 3.58. The third-order valence-corrected chi connectivity index (χ3v) is 5.99. The van der Waals surface area contributed by atoms with E-state index in [1.54, 1.807) is 34.0 Å². The molecule has 5 heterocycles. The van der Waals surface area contributed by atoms with Gasteiger partial charge in [0.1, 0.15) is 11.6 Å². The molecule has 0 saturated carbocycles. The highest BCUT2D eigenvalue weighted by molar-refractivity contribution is 5.68. The number of rotatable bonds is 6. The molecule has 0 aliphatic rings. The molecule has 0 aliphatic carbocycles. The predicted molar refractivity (Wildman–Crippen MR) is 132 cm³/mol. The van der Waals surface area contributed by atoms with Gasteiger partial charge >= 0.3 is 0 Å². The van der Waals surface area contributed by atoms with E-state index in [2.05, 4.69) is 35.7 Å². The van der Waals surface area contributed by atoms with Gasteiger partial charge in [-0.25, -0.2) is 14.4 Å². The maximum Gasteiger partial charge on any atom is 0.228 e. The lowest BCUT2D eigenvalue weighted by atomic mass is 10.1. The van der Waals surface area contributed by atoms with E-state index in [1.807, 2.05) is 55.0 Å². The lowest BCUT2D eigenvalue weighted by molar-refractivity contribution is 0.625. The first-order valence-corrected chi connectivity index (χ1v) is 11.2. The minimum Gasteiger partial charge on any atom is -0.309 e. The lowest BCUT2D eigenvalue weighted by Gasteiger charge is -2.08. The molecule has 10 nitrogen and oxygen atoms in total. The van der Waals surface area contributed by atoms with Crippen molar-refractivity contribution < 1.29 is 4.39 Å². The molecular weight excluding hydrogens is 459 g/mol. The van der Waals surface area contributed by atoms with Gasteiger partial charge in [0.2, 0.25) is 5.95 Å². The number of fused-ring (bicyclic) bond motifs is 1. The summed E-state index contributed by atoms with van der Waals surface area (Å²) < 4.78 is 19.1. The highest BCUT2D eigenvalue weighted by Crippen LogP contribution is 2.27. The minimum atomic E-state index is -0.264. The van der Waals surface area contributed by atoms with Crippen molar-refractivity contribution in [3.63, 3.8) is 0 Å². The van der Waals surface area contributed by atoms with Gasteiger partial charge in [-0.3, -0.25) is 13.8 Å². The van der Waals surface area contributed by atoms with Gasteiger partial charge in [-0.2, -0.15) is 10.2 Å². The van der Waals surface area contributed by atoms with E-state index < -0.39 is 0 Å². The topological polar surface area (TPSA) is 104 Å². The van der Waals surface area contributed by atoms with Crippen LogP contribution in [0.5, 0.6) is 0 Å². The summed E-state index contributed by atoms with van der Waals surface area (Å²) in [6, 6.07) is 14.1. The summed E-state index contributed by atoms with van der Waals surface area (Å²) in [5.74, 6) is 1.66. The van der Waals surface area contributed by atoms with Gasteiger partial charge in [-0.1, -0.05) is 12.1 Å². The molecule has 11 heteroatoms. The maximum atomic E-state index is 13.7. The Morgan fingerprint density at radius 3 is 2.69 bits per heavy atom. The van der Waals surface area contributed by atoms with Crippen molar-refractivity contribution in [1.29, 1.82) is 0 Å². The molecule has 1 aromatic carbocycles. The zero-order valence-electron chi connectivity index (χ0n) is 19.5. The first-order chi connectivity index (χ1) is 17.5. The Kier molecular flexibility index (Phi) is 5.21. The van der Waals surface area contributed by atoms with E-state index in [0.717, 1.165) is 33.9 Å². The van der Waals surface area contributed by atoms with E-state index in [4.69, 9.17) is 0 Å². The van der Waals surface area contributed by atoms with Gasteiger partial charge in [0.05, 0.1) is 29.3 Å². The first kappa shape index (κ1) is 21.6. The fraction of sp³-hybridized carbons (Fsp3) is 0.120. The number of benzene rings is 1. The van der Waals surface area contributed by atoms with Crippen molar-refractivity contribution in [1.82, 2.24) is 44.1 Å². The summed E-state index contributed by atoms with van der Waals surface area (Å²) in [7, 11) is 3.71. The van der Waals surface area contributed by atoms with Crippen molar-refractivity contribution in [3.05, 3.63) is 90.4 Å². The number of aryl methyl sites for hydroxylation is 2. The van der Waals surface area contributed by atoms with Crippen molar-refractivity contribution in [2.45, 2.75) is 6.42 Å². The highest BCUT2D eigenvalue weighted by atomic mass is 19.1. The standard InChI is InChI=1S/C25H21FN10/c1-34-21(13-16-4-3-5-18(26)12-16)19(15-29-34)24-33-32-23-14-17(8-11-36(23)24)20-6-9-27-25(30-20)31-22-7-10-28-35(22)2/h3-12,14-15H,13H2,1-2H3,(H,27,30,31). The largest absolute Gasteiger partial charge is 0.309 e. The first-order valence-electron chi connectivity index (χ1n) is 11.2.